The van der Waals surface area contributed by atoms with E-state index in [-0.39, 0.29) is 11.8 Å². The Morgan fingerprint density at radius 3 is 2.89 bits per heavy atom. The lowest BCUT2D eigenvalue weighted by molar-refractivity contribution is -0.142. The number of pyridine rings is 1. The fraction of sp³-hybridized carbons (Fsp3) is 0.571. The maximum Gasteiger partial charge on any atom is 0.307 e. The van der Waals surface area contributed by atoms with Crippen molar-refractivity contribution in [2.45, 2.75) is 38.0 Å². The van der Waals surface area contributed by atoms with Crippen LogP contribution >= 0.6 is 0 Å². The first-order valence-corrected chi connectivity index (χ1v) is 6.45. The summed E-state index contributed by atoms with van der Waals surface area (Å²) in [6.45, 7) is 0. The molecule has 0 radical (unpaired) electrons. The number of rotatable bonds is 3. The molecular weight excluding hydrogens is 230 g/mol. The van der Waals surface area contributed by atoms with Gasteiger partial charge in [-0.2, -0.15) is 0 Å². The van der Waals surface area contributed by atoms with Crippen LogP contribution in [0.3, 0.4) is 0 Å². The van der Waals surface area contributed by atoms with E-state index in [1.54, 1.807) is 13.3 Å². The Morgan fingerprint density at radius 1 is 1.39 bits per heavy atom. The molecule has 1 aromatic rings. The van der Waals surface area contributed by atoms with Gasteiger partial charge in [0, 0.05) is 12.1 Å². The predicted molar refractivity (Wildman–Crippen MR) is 67.7 cm³/mol. The standard InChI is InChI=1S/C14H19NO3/c1-18-12-8-5-9-15-13(12)10-6-3-2-4-7-11(10)14(16)17/h5,8-11H,2-4,6-7H2,1H3,(H,16,17). The first kappa shape index (κ1) is 12.9. The smallest absolute Gasteiger partial charge is 0.307 e. The third-order valence-corrected chi connectivity index (χ3v) is 3.70. The Morgan fingerprint density at radius 2 is 2.17 bits per heavy atom. The molecule has 1 aliphatic carbocycles. The van der Waals surface area contributed by atoms with Gasteiger partial charge in [0.1, 0.15) is 5.75 Å². The lowest BCUT2D eigenvalue weighted by Gasteiger charge is -2.22. The van der Waals surface area contributed by atoms with E-state index in [4.69, 9.17) is 4.74 Å². The normalized spacial score (nSPS) is 24.3. The zero-order valence-electron chi connectivity index (χ0n) is 10.6. The Kier molecular flexibility index (Phi) is 4.18. The summed E-state index contributed by atoms with van der Waals surface area (Å²) in [4.78, 5) is 15.8. The average Bonchev–Trinajstić information content (AvgIpc) is 2.64. The number of methoxy groups -OCH3 is 1. The molecule has 18 heavy (non-hydrogen) atoms. The lowest BCUT2D eigenvalue weighted by atomic mass is 9.85. The zero-order chi connectivity index (χ0) is 13.0. The first-order chi connectivity index (χ1) is 8.74. The number of carboxylic acid groups (broad SMARTS) is 1. The van der Waals surface area contributed by atoms with Gasteiger partial charge < -0.3 is 9.84 Å². The van der Waals surface area contributed by atoms with E-state index in [1.165, 1.54) is 0 Å². The van der Waals surface area contributed by atoms with Crippen molar-refractivity contribution in [3.63, 3.8) is 0 Å². The monoisotopic (exact) mass is 249 g/mol. The van der Waals surface area contributed by atoms with Crippen LogP contribution in [-0.4, -0.2) is 23.2 Å². The Labute approximate surface area is 107 Å². The van der Waals surface area contributed by atoms with Gasteiger partial charge >= 0.3 is 5.97 Å². The minimum Gasteiger partial charge on any atom is -0.495 e. The summed E-state index contributed by atoms with van der Waals surface area (Å²) in [6, 6.07) is 3.67. The number of hydrogen-bond acceptors (Lipinski definition) is 3. The molecule has 4 heteroatoms. The van der Waals surface area contributed by atoms with Crippen LogP contribution in [0.25, 0.3) is 0 Å². The second-order valence-corrected chi connectivity index (χ2v) is 4.78. The molecular formula is C14H19NO3. The molecule has 2 rings (SSSR count). The van der Waals surface area contributed by atoms with Gasteiger partial charge in [-0.1, -0.05) is 19.3 Å². The summed E-state index contributed by atoms with van der Waals surface area (Å²) in [5.41, 5.74) is 0.800. The highest BCUT2D eigenvalue weighted by Gasteiger charge is 2.33. The molecule has 1 aromatic heterocycles. The highest BCUT2D eigenvalue weighted by atomic mass is 16.5. The van der Waals surface area contributed by atoms with Crippen LogP contribution in [0.5, 0.6) is 5.75 Å². The second-order valence-electron chi connectivity index (χ2n) is 4.78. The Balaban J connectivity index is 2.34. The summed E-state index contributed by atoms with van der Waals surface area (Å²) in [7, 11) is 1.60. The maximum atomic E-state index is 11.4. The van der Waals surface area contributed by atoms with Crippen LogP contribution in [-0.2, 0) is 4.79 Å². The van der Waals surface area contributed by atoms with Gasteiger partial charge in [0.25, 0.3) is 0 Å². The molecule has 1 heterocycles. The molecule has 0 aliphatic heterocycles. The quantitative estimate of drug-likeness (QED) is 0.837. The van der Waals surface area contributed by atoms with Crippen molar-refractivity contribution in [1.29, 1.82) is 0 Å². The van der Waals surface area contributed by atoms with Crippen molar-refractivity contribution in [3.8, 4) is 5.75 Å². The van der Waals surface area contributed by atoms with Crippen molar-refractivity contribution in [3.05, 3.63) is 24.0 Å². The maximum absolute atomic E-state index is 11.4. The fourth-order valence-corrected chi connectivity index (χ4v) is 2.78. The van der Waals surface area contributed by atoms with Crippen molar-refractivity contribution < 1.29 is 14.6 Å². The number of hydrogen-bond donors (Lipinski definition) is 1. The largest absolute Gasteiger partial charge is 0.495 e. The van der Waals surface area contributed by atoms with E-state index in [2.05, 4.69) is 4.98 Å². The molecule has 1 N–H and O–H groups in total. The molecule has 1 aliphatic rings. The van der Waals surface area contributed by atoms with Crippen molar-refractivity contribution in [2.75, 3.05) is 7.11 Å². The first-order valence-electron chi connectivity index (χ1n) is 6.45. The van der Waals surface area contributed by atoms with E-state index >= 15 is 0 Å². The van der Waals surface area contributed by atoms with Gasteiger partial charge in [-0.25, -0.2) is 0 Å². The van der Waals surface area contributed by atoms with Crippen LogP contribution < -0.4 is 4.74 Å². The van der Waals surface area contributed by atoms with Crippen LogP contribution in [0.4, 0.5) is 0 Å². The number of carboxylic acids is 1. The highest BCUT2D eigenvalue weighted by Crippen LogP contribution is 2.39. The van der Waals surface area contributed by atoms with E-state index in [0.717, 1.165) is 37.8 Å². The summed E-state index contributed by atoms with van der Waals surface area (Å²) in [5, 5.41) is 9.39. The molecule has 4 nitrogen and oxygen atoms in total. The summed E-state index contributed by atoms with van der Waals surface area (Å²) >= 11 is 0. The van der Waals surface area contributed by atoms with Crippen LogP contribution in [0.15, 0.2) is 18.3 Å². The third kappa shape index (κ3) is 2.63. The SMILES string of the molecule is COc1cccnc1C1CCCCCC1C(=O)O. The summed E-state index contributed by atoms with van der Waals surface area (Å²) in [5.74, 6) is -0.372. The van der Waals surface area contributed by atoms with Crippen molar-refractivity contribution in [2.24, 2.45) is 5.92 Å². The molecule has 0 aromatic carbocycles. The number of carbonyl (C=O) groups is 1. The summed E-state index contributed by atoms with van der Waals surface area (Å²) in [6.07, 6.45) is 6.48. The minimum atomic E-state index is -0.713. The Hall–Kier alpha value is -1.58. The highest BCUT2D eigenvalue weighted by molar-refractivity contribution is 5.71. The minimum absolute atomic E-state index is 0.0267. The van der Waals surface area contributed by atoms with Gasteiger partial charge in [0.05, 0.1) is 18.7 Å². The van der Waals surface area contributed by atoms with E-state index in [0.29, 0.717) is 5.75 Å². The zero-order valence-corrected chi connectivity index (χ0v) is 10.6. The van der Waals surface area contributed by atoms with Crippen molar-refractivity contribution in [1.82, 2.24) is 4.98 Å². The van der Waals surface area contributed by atoms with Crippen molar-refractivity contribution >= 4 is 5.97 Å². The molecule has 0 amide bonds. The van der Waals surface area contributed by atoms with Gasteiger partial charge in [-0.05, 0) is 25.0 Å². The topological polar surface area (TPSA) is 59.4 Å². The number of nitrogens with zero attached hydrogens (tertiary/aromatic N) is 1. The molecule has 0 spiro atoms. The van der Waals surface area contributed by atoms with E-state index in [1.807, 2.05) is 12.1 Å². The van der Waals surface area contributed by atoms with E-state index in [9.17, 15) is 9.90 Å². The van der Waals surface area contributed by atoms with Crippen LogP contribution in [0, 0.1) is 5.92 Å². The number of aliphatic carboxylic acids is 1. The Bertz CT molecular complexity index is 419. The molecule has 0 saturated heterocycles. The molecule has 1 fully saturated rings. The third-order valence-electron chi connectivity index (χ3n) is 3.70. The van der Waals surface area contributed by atoms with Gasteiger partial charge in [-0.15, -0.1) is 0 Å². The van der Waals surface area contributed by atoms with Gasteiger partial charge in [-0.3, -0.25) is 9.78 Å². The van der Waals surface area contributed by atoms with Gasteiger partial charge in [0.15, 0.2) is 0 Å². The van der Waals surface area contributed by atoms with Gasteiger partial charge in [0.2, 0.25) is 0 Å². The molecule has 2 unspecified atom stereocenters. The molecule has 0 bridgehead atoms. The molecule has 98 valence electrons. The number of ether oxygens (including phenoxy) is 1. The molecule has 1 saturated carbocycles. The van der Waals surface area contributed by atoms with Crippen LogP contribution in [0.2, 0.25) is 0 Å². The van der Waals surface area contributed by atoms with E-state index < -0.39 is 5.97 Å². The predicted octanol–water partition coefficient (Wildman–Crippen LogP) is 2.84. The molecule has 2 atom stereocenters. The second kappa shape index (κ2) is 5.85. The number of aromatic nitrogens is 1. The lowest BCUT2D eigenvalue weighted by Crippen LogP contribution is -2.22. The summed E-state index contributed by atoms with van der Waals surface area (Å²) < 4.78 is 5.31. The average molecular weight is 249 g/mol. The fourth-order valence-electron chi connectivity index (χ4n) is 2.78. The van der Waals surface area contributed by atoms with Crippen LogP contribution in [0.1, 0.15) is 43.7 Å².